The van der Waals surface area contributed by atoms with Gasteiger partial charge in [-0.15, -0.1) is 24.0 Å². The summed E-state index contributed by atoms with van der Waals surface area (Å²) < 4.78 is 0. The molecule has 15 heteroatoms. The average molecular weight is 858 g/mol. The first-order chi connectivity index (χ1) is 23.4. The second kappa shape index (κ2) is 28.0. The lowest BCUT2D eigenvalue weighted by atomic mass is 9.97. The molecule has 0 aliphatic carbocycles. The zero-order valence-electron chi connectivity index (χ0n) is 33.9. The maximum absolute atomic E-state index is 13.0. The molecule has 0 saturated carbocycles. The van der Waals surface area contributed by atoms with Crippen LogP contribution in [0.25, 0.3) is 0 Å². The molecular weight excluding hydrogens is 785 g/mol. The largest absolute Gasteiger partial charge is 0.481 e. The molecule has 0 radical (unpaired) electrons. The van der Waals surface area contributed by atoms with E-state index >= 15 is 0 Å². The van der Waals surface area contributed by atoms with Crippen molar-refractivity contribution in [3.8, 4) is 0 Å². The second-order valence-corrected chi connectivity index (χ2v) is 15.6. The number of nitrogens with one attached hydrogen (secondary N) is 5. The highest BCUT2D eigenvalue weighted by Crippen LogP contribution is 2.13. The van der Waals surface area contributed by atoms with E-state index in [2.05, 4.69) is 26.6 Å². The van der Waals surface area contributed by atoms with Crippen molar-refractivity contribution in [2.24, 2.45) is 29.6 Å². The van der Waals surface area contributed by atoms with Crippen molar-refractivity contribution in [2.45, 2.75) is 171 Å². The third-order valence-electron chi connectivity index (χ3n) is 7.83. The first kappa shape index (κ1) is 53.8. The van der Waals surface area contributed by atoms with Crippen LogP contribution in [0.1, 0.15) is 129 Å². The number of amides is 5. The van der Waals surface area contributed by atoms with Gasteiger partial charge in [0.1, 0.15) is 18.1 Å². The molecule has 0 aromatic heterocycles. The summed E-state index contributed by atoms with van der Waals surface area (Å²) in [4.78, 5) is 72.0. The molecule has 0 fully saturated rings. The molecule has 0 heterocycles. The summed E-state index contributed by atoms with van der Waals surface area (Å²) in [6, 6.07) is -3.21. The molecule has 5 amide bonds. The average Bonchev–Trinajstić information content (AvgIpc) is 2.97. The van der Waals surface area contributed by atoms with E-state index in [1.807, 2.05) is 69.2 Å². The molecule has 306 valence electrons. The predicted molar refractivity (Wildman–Crippen MR) is 214 cm³/mol. The molecule has 0 spiro atoms. The number of hydrogen-bond acceptors (Lipinski definition) is 8. The second-order valence-electron chi connectivity index (χ2n) is 15.6. The summed E-state index contributed by atoms with van der Waals surface area (Å²) in [6.45, 7) is 24.3. The van der Waals surface area contributed by atoms with E-state index < -0.39 is 54.7 Å². The van der Waals surface area contributed by atoms with Gasteiger partial charge in [-0.05, 0) is 62.7 Å². The Balaban J connectivity index is -0.000000962. The number of carbonyl (C=O) groups is 6. The van der Waals surface area contributed by atoms with Gasteiger partial charge < -0.3 is 41.9 Å². The van der Waals surface area contributed by atoms with Gasteiger partial charge in [0.25, 0.3) is 0 Å². The molecule has 14 nitrogen and oxygen atoms in total. The van der Waals surface area contributed by atoms with Gasteiger partial charge >= 0.3 is 5.97 Å². The minimum atomic E-state index is -1.16. The summed E-state index contributed by atoms with van der Waals surface area (Å²) in [5, 5.41) is 42.3. The van der Waals surface area contributed by atoms with E-state index in [0.717, 1.165) is 0 Å². The summed E-state index contributed by atoms with van der Waals surface area (Å²) >= 11 is 0. The molecule has 0 rings (SSSR count). The van der Waals surface area contributed by atoms with E-state index in [9.17, 15) is 39.0 Å². The van der Waals surface area contributed by atoms with Crippen LogP contribution in [0.3, 0.4) is 0 Å². The molecule has 0 bridgehead atoms. The first-order valence-corrected chi connectivity index (χ1v) is 18.5. The molecule has 52 heavy (non-hydrogen) atoms. The van der Waals surface area contributed by atoms with Crippen LogP contribution in [0.2, 0.25) is 0 Å². The zero-order chi connectivity index (χ0) is 40.2. The van der Waals surface area contributed by atoms with Gasteiger partial charge in [-0.2, -0.15) is 0 Å². The number of aliphatic carboxylic acids is 1. The quantitative estimate of drug-likeness (QED) is 0.0746. The Labute approximate surface area is 329 Å². The Morgan fingerprint density at radius 2 is 1.02 bits per heavy atom. The molecule has 0 unspecified atom stereocenters. The van der Waals surface area contributed by atoms with Crippen LogP contribution < -0.4 is 26.6 Å². The fourth-order valence-electron chi connectivity index (χ4n) is 5.13. The fraction of sp³-hybridized carbons (Fsp3) is 0.838. The summed E-state index contributed by atoms with van der Waals surface area (Å²) in [6.07, 6.45) is -0.0839. The van der Waals surface area contributed by atoms with Crippen LogP contribution in [0.5, 0.6) is 0 Å². The van der Waals surface area contributed by atoms with E-state index in [1.54, 1.807) is 20.8 Å². The van der Waals surface area contributed by atoms with Crippen molar-refractivity contribution in [1.82, 2.24) is 26.6 Å². The Morgan fingerprint density at radius 1 is 0.538 bits per heavy atom. The molecule has 0 aromatic rings. The van der Waals surface area contributed by atoms with Crippen molar-refractivity contribution in [3.63, 3.8) is 0 Å². The van der Waals surface area contributed by atoms with Crippen molar-refractivity contribution in [2.75, 3.05) is 0 Å². The lowest BCUT2D eigenvalue weighted by Gasteiger charge is -2.29. The van der Waals surface area contributed by atoms with Gasteiger partial charge in [-0.3, -0.25) is 28.8 Å². The van der Waals surface area contributed by atoms with Crippen LogP contribution in [0, 0.1) is 29.6 Å². The van der Waals surface area contributed by atoms with Gasteiger partial charge in [0.2, 0.25) is 29.5 Å². The number of carboxylic acid groups (broad SMARTS) is 1. The van der Waals surface area contributed by atoms with Crippen LogP contribution in [0.15, 0.2) is 0 Å². The maximum atomic E-state index is 13.0. The molecule has 0 aliphatic rings. The molecular formula is C37H72IN5O9. The highest BCUT2D eigenvalue weighted by atomic mass is 127. The minimum absolute atomic E-state index is 0. The topological polar surface area (TPSA) is 223 Å². The third-order valence-corrected chi connectivity index (χ3v) is 7.83. The van der Waals surface area contributed by atoms with Crippen LogP contribution >= 0.6 is 24.0 Å². The number of aliphatic hydroxyl groups is 2. The van der Waals surface area contributed by atoms with E-state index in [0.29, 0.717) is 31.6 Å². The minimum Gasteiger partial charge on any atom is -0.481 e. The highest BCUT2D eigenvalue weighted by molar-refractivity contribution is 14.0. The number of halogens is 1. The molecule has 8 N–H and O–H groups in total. The highest BCUT2D eigenvalue weighted by Gasteiger charge is 2.31. The van der Waals surface area contributed by atoms with Gasteiger partial charge in [0, 0.05) is 12.8 Å². The van der Waals surface area contributed by atoms with E-state index in [4.69, 9.17) is 5.11 Å². The van der Waals surface area contributed by atoms with E-state index in [1.165, 1.54) is 0 Å². The molecule has 7 atom stereocenters. The predicted octanol–water partition coefficient (Wildman–Crippen LogP) is 3.50. The van der Waals surface area contributed by atoms with Crippen molar-refractivity contribution in [3.05, 3.63) is 0 Å². The number of carbonyl (C=O) groups excluding carboxylic acids is 5. The maximum Gasteiger partial charge on any atom is 0.306 e. The van der Waals surface area contributed by atoms with Crippen molar-refractivity contribution >= 4 is 59.5 Å². The number of carboxylic acids is 1. The standard InChI is InChI=1S/C23H45N3O4.C14H26N2O5.HI/c1-13(2)10-18(17(9)27)25-23(30)21(16(7)8)26-22(29)19(11-14(3)4)24-20(28)12-15(5)6;1-5-12(18)15-9(4)14(21)16-10(6-8(2)3)11(17)7-13(19)20;/h13-19,21,27H,10-12H2,1-9H3,(H,24,28)(H,25,30)(H,26,29);8-11,17H,5-7H2,1-4H3,(H,15,18)(H,16,21)(H,19,20);1H/t17-,18-,19-,21-;9-,10-,11-;/m00./s1. The molecule has 0 aromatic carbocycles. The number of hydrogen-bond donors (Lipinski definition) is 8. The van der Waals surface area contributed by atoms with Crippen molar-refractivity contribution < 1.29 is 44.1 Å². The molecule has 0 saturated heterocycles. The van der Waals surface area contributed by atoms with Gasteiger partial charge in [0.05, 0.1) is 30.7 Å². The number of aliphatic hydroxyl groups excluding tert-OH is 2. The van der Waals surface area contributed by atoms with E-state index in [-0.39, 0.29) is 83.7 Å². The molecule has 0 aliphatic heterocycles. The lowest BCUT2D eigenvalue weighted by Crippen LogP contribution is -2.58. The lowest BCUT2D eigenvalue weighted by molar-refractivity contribution is -0.140. The van der Waals surface area contributed by atoms with Crippen molar-refractivity contribution in [1.29, 1.82) is 0 Å². The summed E-state index contributed by atoms with van der Waals surface area (Å²) in [7, 11) is 0. The van der Waals surface area contributed by atoms with Gasteiger partial charge in [0.15, 0.2) is 0 Å². The van der Waals surface area contributed by atoms with Crippen LogP contribution in [0.4, 0.5) is 0 Å². The normalized spacial score (nSPS) is 15.2. The van der Waals surface area contributed by atoms with Crippen LogP contribution in [-0.2, 0) is 28.8 Å². The van der Waals surface area contributed by atoms with Gasteiger partial charge in [-0.1, -0.05) is 76.2 Å². The summed E-state index contributed by atoms with van der Waals surface area (Å²) in [5.41, 5.74) is 0. The first-order valence-electron chi connectivity index (χ1n) is 18.5. The van der Waals surface area contributed by atoms with Gasteiger partial charge in [-0.25, -0.2) is 0 Å². The third kappa shape index (κ3) is 25.4. The monoisotopic (exact) mass is 857 g/mol. The Hall–Kier alpha value is -2.53. The van der Waals surface area contributed by atoms with Crippen LogP contribution in [-0.4, -0.2) is 93.2 Å². The Morgan fingerprint density at radius 3 is 1.42 bits per heavy atom. The smallest absolute Gasteiger partial charge is 0.306 e. The Bertz CT molecular complexity index is 1090. The zero-order valence-corrected chi connectivity index (χ0v) is 36.2. The SMILES string of the molecule is CC(C)CC(=O)N[C@@H](CC(C)C)C(=O)N[C@H](C(=O)N[C@@H](CC(C)C)[C@H](C)O)C(C)C.CCC(=O)N[C@@H](C)C(=O)N[C@@H](CC(C)C)[C@@H](O)CC(=O)O.I. The number of rotatable bonds is 22. The summed E-state index contributed by atoms with van der Waals surface area (Å²) in [5.74, 6) is -1.90. The Kier molecular flexibility index (Phi) is 29.0. The fourth-order valence-corrected chi connectivity index (χ4v) is 5.13.